The summed E-state index contributed by atoms with van der Waals surface area (Å²) in [6.07, 6.45) is 8.93. The highest BCUT2D eigenvalue weighted by atomic mass is 16.5. The van der Waals surface area contributed by atoms with Crippen molar-refractivity contribution in [1.29, 1.82) is 0 Å². The number of ether oxygens (including phenoxy) is 1. The van der Waals surface area contributed by atoms with E-state index in [-0.39, 0.29) is 0 Å². The molecule has 3 aliphatic rings. The van der Waals surface area contributed by atoms with Crippen LogP contribution in [0.4, 0.5) is 0 Å². The van der Waals surface area contributed by atoms with Crippen molar-refractivity contribution in [2.75, 3.05) is 45.9 Å². The molecule has 23 heavy (non-hydrogen) atoms. The van der Waals surface area contributed by atoms with Gasteiger partial charge in [-0.3, -0.25) is 0 Å². The molecule has 0 unspecified atom stereocenters. The van der Waals surface area contributed by atoms with Gasteiger partial charge in [-0.05, 0) is 88.9 Å². The van der Waals surface area contributed by atoms with Crippen molar-refractivity contribution in [2.45, 2.75) is 65.4 Å². The highest BCUT2D eigenvalue weighted by Gasteiger charge is 2.46. The van der Waals surface area contributed by atoms with Gasteiger partial charge in [0.05, 0.1) is 6.10 Å². The maximum absolute atomic E-state index is 5.77. The highest BCUT2D eigenvalue weighted by Crippen LogP contribution is 2.50. The van der Waals surface area contributed by atoms with Crippen LogP contribution in [-0.4, -0.2) is 61.8 Å². The number of likely N-dealkylation sites (tertiary alicyclic amines) is 2. The molecule has 0 aromatic heterocycles. The molecule has 2 saturated heterocycles. The van der Waals surface area contributed by atoms with Gasteiger partial charge in [-0.15, -0.1) is 0 Å². The van der Waals surface area contributed by atoms with Gasteiger partial charge >= 0.3 is 0 Å². The van der Waals surface area contributed by atoms with Crippen molar-refractivity contribution in [3.05, 3.63) is 0 Å². The van der Waals surface area contributed by atoms with Crippen molar-refractivity contribution >= 4 is 0 Å². The van der Waals surface area contributed by atoms with E-state index in [9.17, 15) is 0 Å². The second-order valence-electron chi connectivity index (χ2n) is 8.92. The van der Waals surface area contributed by atoms with E-state index in [4.69, 9.17) is 4.74 Å². The number of rotatable bonds is 6. The summed E-state index contributed by atoms with van der Waals surface area (Å²) in [5.74, 6) is 1.76. The van der Waals surface area contributed by atoms with Gasteiger partial charge in [-0.25, -0.2) is 0 Å². The standard InChI is InChI=1S/C20H38N2O/c1-4-23-19-13-20(14-19)7-11-22(12-8-20)16-18-5-9-21(10-6-18)15-17(2)3/h17-19H,4-16H2,1-3H3. The average Bonchev–Trinajstić information content (AvgIpc) is 2.49. The van der Waals surface area contributed by atoms with Gasteiger partial charge in [0.15, 0.2) is 0 Å². The number of hydrogen-bond donors (Lipinski definition) is 0. The van der Waals surface area contributed by atoms with E-state index in [2.05, 4.69) is 30.6 Å². The van der Waals surface area contributed by atoms with Crippen LogP contribution in [0.3, 0.4) is 0 Å². The molecule has 1 aliphatic carbocycles. The molecule has 0 amide bonds. The molecule has 3 fully saturated rings. The summed E-state index contributed by atoms with van der Waals surface area (Å²) in [5, 5.41) is 0. The van der Waals surface area contributed by atoms with Gasteiger partial charge < -0.3 is 14.5 Å². The molecule has 3 nitrogen and oxygen atoms in total. The fourth-order valence-corrected chi connectivity index (χ4v) is 5.11. The van der Waals surface area contributed by atoms with E-state index < -0.39 is 0 Å². The maximum atomic E-state index is 5.77. The van der Waals surface area contributed by atoms with E-state index in [1.807, 2.05) is 0 Å². The quantitative estimate of drug-likeness (QED) is 0.742. The SMILES string of the molecule is CCOC1CC2(CCN(CC3CCN(CC(C)C)CC3)CC2)C1. The first kappa shape index (κ1) is 17.7. The summed E-state index contributed by atoms with van der Waals surface area (Å²) in [5.41, 5.74) is 0.664. The third-order valence-electron chi connectivity index (χ3n) is 6.49. The summed E-state index contributed by atoms with van der Waals surface area (Å²) in [7, 11) is 0. The second kappa shape index (κ2) is 7.84. The van der Waals surface area contributed by atoms with E-state index >= 15 is 0 Å². The molecule has 0 bridgehead atoms. The predicted molar refractivity (Wildman–Crippen MR) is 96.8 cm³/mol. The Balaban J connectivity index is 1.33. The first-order chi connectivity index (χ1) is 11.1. The Morgan fingerprint density at radius 1 is 1.00 bits per heavy atom. The fourth-order valence-electron chi connectivity index (χ4n) is 5.11. The number of hydrogen-bond acceptors (Lipinski definition) is 3. The monoisotopic (exact) mass is 322 g/mol. The van der Waals surface area contributed by atoms with E-state index in [1.54, 1.807) is 0 Å². The molecule has 134 valence electrons. The molecule has 0 aromatic carbocycles. The highest BCUT2D eigenvalue weighted by molar-refractivity contribution is 4.98. The molecular formula is C20H38N2O. The molecule has 2 heterocycles. The summed E-state index contributed by atoms with van der Waals surface area (Å²) in [6.45, 7) is 15.7. The van der Waals surface area contributed by atoms with Crippen LogP contribution < -0.4 is 0 Å². The zero-order valence-electron chi connectivity index (χ0n) is 15.7. The van der Waals surface area contributed by atoms with Crippen LogP contribution >= 0.6 is 0 Å². The number of nitrogens with zero attached hydrogens (tertiary/aromatic N) is 2. The summed E-state index contributed by atoms with van der Waals surface area (Å²) in [6, 6.07) is 0. The molecule has 0 N–H and O–H groups in total. The van der Waals surface area contributed by atoms with Crippen molar-refractivity contribution in [1.82, 2.24) is 9.80 Å². The Kier molecular flexibility index (Phi) is 6.03. The zero-order chi connectivity index (χ0) is 16.3. The van der Waals surface area contributed by atoms with Gasteiger partial charge in [0.25, 0.3) is 0 Å². The molecule has 1 saturated carbocycles. The molecular weight excluding hydrogens is 284 g/mol. The lowest BCUT2D eigenvalue weighted by Crippen LogP contribution is -2.51. The average molecular weight is 323 g/mol. The third-order valence-corrected chi connectivity index (χ3v) is 6.49. The zero-order valence-corrected chi connectivity index (χ0v) is 15.7. The van der Waals surface area contributed by atoms with E-state index in [0.29, 0.717) is 11.5 Å². The Hall–Kier alpha value is -0.120. The molecule has 3 rings (SSSR count). The van der Waals surface area contributed by atoms with Crippen LogP contribution in [0.15, 0.2) is 0 Å². The smallest absolute Gasteiger partial charge is 0.0585 e. The van der Waals surface area contributed by atoms with Crippen LogP contribution in [0.2, 0.25) is 0 Å². The minimum Gasteiger partial charge on any atom is -0.378 e. The first-order valence-corrected chi connectivity index (χ1v) is 10.1. The third kappa shape index (κ3) is 4.70. The lowest BCUT2D eigenvalue weighted by molar-refractivity contribution is -0.102. The van der Waals surface area contributed by atoms with Crippen LogP contribution in [0.1, 0.15) is 59.3 Å². The largest absolute Gasteiger partial charge is 0.378 e. The van der Waals surface area contributed by atoms with Crippen molar-refractivity contribution in [3.8, 4) is 0 Å². The van der Waals surface area contributed by atoms with Crippen LogP contribution in [0, 0.1) is 17.3 Å². The summed E-state index contributed by atoms with van der Waals surface area (Å²) < 4.78 is 5.77. The summed E-state index contributed by atoms with van der Waals surface area (Å²) in [4.78, 5) is 5.44. The van der Waals surface area contributed by atoms with Gasteiger partial charge in [0, 0.05) is 19.7 Å². The molecule has 3 heteroatoms. The fraction of sp³-hybridized carbons (Fsp3) is 1.00. The van der Waals surface area contributed by atoms with E-state index in [0.717, 1.165) is 18.4 Å². The molecule has 0 aromatic rings. The maximum Gasteiger partial charge on any atom is 0.0585 e. The Morgan fingerprint density at radius 2 is 1.65 bits per heavy atom. The predicted octanol–water partition coefficient (Wildman–Crippen LogP) is 3.64. The van der Waals surface area contributed by atoms with Crippen LogP contribution in [-0.2, 0) is 4.74 Å². The first-order valence-electron chi connectivity index (χ1n) is 10.1. The number of piperidine rings is 2. The summed E-state index contributed by atoms with van der Waals surface area (Å²) >= 11 is 0. The van der Waals surface area contributed by atoms with Crippen molar-refractivity contribution in [3.63, 3.8) is 0 Å². The molecule has 1 spiro atoms. The van der Waals surface area contributed by atoms with Crippen molar-refractivity contribution in [2.24, 2.45) is 17.3 Å². The van der Waals surface area contributed by atoms with Gasteiger partial charge in [0.2, 0.25) is 0 Å². The second-order valence-corrected chi connectivity index (χ2v) is 8.92. The lowest BCUT2D eigenvalue weighted by Gasteiger charge is -2.52. The Labute approximate surface area is 143 Å². The van der Waals surface area contributed by atoms with Gasteiger partial charge in [-0.2, -0.15) is 0 Å². The lowest BCUT2D eigenvalue weighted by atomic mass is 9.61. The van der Waals surface area contributed by atoms with Gasteiger partial charge in [0.1, 0.15) is 0 Å². The van der Waals surface area contributed by atoms with E-state index in [1.165, 1.54) is 77.8 Å². The minimum absolute atomic E-state index is 0.580. The minimum atomic E-state index is 0.580. The van der Waals surface area contributed by atoms with Crippen LogP contribution in [0.5, 0.6) is 0 Å². The Morgan fingerprint density at radius 3 is 2.22 bits per heavy atom. The molecule has 2 aliphatic heterocycles. The topological polar surface area (TPSA) is 15.7 Å². The van der Waals surface area contributed by atoms with Crippen LogP contribution in [0.25, 0.3) is 0 Å². The van der Waals surface area contributed by atoms with Crippen molar-refractivity contribution < 1.29 is 4.74 Å². The molecule has 0 atom stereocenters. The molecule has 0 radical (unpaired) electrons. The normalized spacial score (nSPS) is 27.7. The Bertz CT molecular complexity index is 347. The van der Waals surface area contributed by atoms with Gasteiger partial charge in [-0.1, -0.05) is 13.8 Å².